The van der Waals surface area contributed by atoms with Crippen LogP contribution in [-0.2, 0) is 26.3 Å². The standard InChI is InChI=1S/C12H16F3N5.ClH/c1-4-20-8(2)10(7-17-20)16-6-9-5-11(12(13,14)15)18-19(9)3;/h5,7,16H,4,6H2,1-3H3;1H. The predicted octanol–water partition coefficient (Wildman–Crippen LogP) is 3.00. The Morgan fingerprint density at radius 1 is 1.33 bits per heavy atom. The molecular weight excluding hydrogens is 307 g/mol. The molecule has 2 aromatic heterocycles. The van der Waals surface area contributed by atoms with E-state index in [9.17, 15) is 13.2 Å². The largest absolute Gasteiger partial charge is 0.435 e. The van der Waals surface area contributed by atoms with E-state index >= 15 is 0 Å². The maximum Gasteiger partial charge on any atom is 0.435 e. The Morgan fingerprint density at radius 3 is 2.48 bits per heavy atom. The van der Waals surface area contributed by atoms with Crippen molar-refractivity contribution in [1.29, 1.82) is 0 Å². The molecule has 0 bridgehead atoms. The molecule has 0 radical (unpaired) electrons. The second-order valence-electron chi connectivity index (χ2n) is 4.46. The van der Waals surface area contributed by atoms with Crippen molar-refractivity contribution in [2.24, 2.45) is 7.05 Å². The number of rotatable bonds is 4. The Labute approximate surface area is 126 Å². The van der Waals surface area contributed by atoms with Crippen LogP contribution in [0.3, 0.4) is 0 Å². The molecule has 0 aliphatic rings. The fourth-order valence-corrected chi connectivity index (χ4v) is 1.93. The van der Waals surface area contributed by atoms with Gasteiger partial charge in [-0.05, 0) is 19.9 Å². The van der Waals surface area contributed by atoms with Crippen LogP contribution in [0.25, 0.3) is 0 Å². The topological polar surface area (TPSA) is 47.7 Å². The summed E-state index contributed by atoms with van der Waals surface area (Å²) < 4.78 is 40.7. The molecule has 0 saturated heterocycles. The van der Waals surface area contributed by atoms with Crippen molar-refractivity contribution in [3.63, 3.8) is 0 Å². The van der Waals surface area contributed by atoms with Gasteiger partial charge in [-0.15, -0.1) is 12.4 Å². The minimum Gasteiger partial charge on any atom is -0.377 e. The van der Waals surface area contributed by atoms with Crippen LogP contribution in [0.15, 0.2) is 12.3 Å². The third-order valence-corrected chi connectivity index (χ3v) is 3.13. The molecule has 0 aliphatic carbocycles. The third kappa shape index (κ3) is 3.69. The molecule has 0 aromatic carbocycles. The molecule has 0 amide bonds. The average Bonchev–Trinajstić information content (AvgIpc) is 2.90. The van der Waals surface area contributed by atoms with Crippen molar-refractivity contribution in [2.75, 3.05) is 5.32 Å². The summed E-state index contributed by atoms with van der Waals surface area (Å²) >= 11 is 0. The smallest absolute Gasteiger partial charge is 0.377 e. The summed E-state index contributed by atoms with van der Waals surface area (Å²) in [4.78, 5) is 0. The molecule has 0 fully saturated rings. The van der Waals surface area contributed by atoms with E-state index in [1.165, 1.54) is 11.7 Å². The maximum absolute atomic E-state index is 12.5. The quantitative estimate of drug-likeness (QED) is 0.941. The summed E-state index contributed by atoms with van der Waals surface area (Å²) in [7, 11) is 1.49. The second kappa shape index (κ2) is 6.38. The highest BCUT2D eigenvalue weighted by Gasteiger charge is 2.34. The van der Waals surface area contributed by atoms with Crippen LogP contribution in [0.1, 0.15) is 24.0 Å². The predicted molar refractivity (Wildman–Crippen MR) is 75.4 cm³/mol. The van der Waals surface area contributed by atoms with Crippen molar-refractivity contribution >= 4 is 18.1 Å². The number of alkyl halides is 3. The fourth-order valence-electron chi connectivity index (χ4n) is 1.93. The van der Waals surface area contributed by atoms with Gasteiger partial charge in [-0.3, -0.25) is 9.36 Å². The molecule has 0 unspecified atom stereocenters. The molecule has 2 rings (SSSR count). The molecular formula is C12H17ClF3N5. The lowest BCUT2D eigenvalue weighted by Crippen LogP contribution is -2.07. The number of anilines is 1. The first-order chi connectivity index (χ1) is 9.32. The third-order valence-electron chi connectivity index (χ3n) is 3.13. The Morgan fingerprint density at radius 2 is 2.00 bits per heavy atom. The summed E-state index contributed by atoms with van der Waals surface area (Å²) in [5.74, 6) is 0. The number of nitrogens with zero attached hydrogens (tertiary/aromatic N) is 4. The number of nitrogens with one attached hydrogen (secondary N) is 1. The summed E-state index contributed by atoms with van der Waals surface area (Å²) in [5, 5.41) is 10.7. The van der Waals surface area contributed by atoms with Crippen LogP contribution < -0.4 is 5.32 Å². The van der Waals surface area contributed by atoms with Crippen LogP contribution in [0.5, 0.6) is 0 Å². The van der Waals surface area contributed by atoms with E-state index in [4.69, 9.17) is 0 Å². The van der Waals surface area contributed by atoms with E-state index in [1.54, 1.807) is 6.20 Å². The zero-order valence-corrected chi connectivity index (χ0v) is 12.7. The van der Waals surface area contributed by atoms with Gasteiger partial charge in [-0.25, -0.2) is 0 Å². The molecule has 5 nitrogen and oxygen atoms in total. The summed E-state index contributed by atoms with van der Waals surface area (Å²) in [6, 6.07) is 1.05. The van der Waals surface area contributed by atoms with Crippen molar-refractivity contribution in [2.45, 2.75) is 33.1 Å². The summed E-state index contributed by atoms with van der Waals surface area (Å²) in [6.45, 7) is 4.89. The van der Waals surface area contributed by atoms with E-state index < -0.39 is 11.9 Å². The van der Waals surface area contributed by atoms with E-state index in [2.05, 4.69) is 15.5 Å². The Hall–Kier alpha value is -1.70. The van der Waals surface area contributed by atoms with Crippen LogP contribution in [0, 0.1) is 6.92 Å². The lowest BCUT2D eigenvalue weighted by atomic mass is 10.3. The van der Waals surface area contributed by atoms with Crippen LogP contribution in [0.4, 0.5) is 18.9 Å². The molecule has 0 spiro atoms. The highest BCUT2D eigenvalue weighted by Crippen LogP contribution is 2.28. The first-order valence-corrected chi connectivity index (χ1v) is 6.19. The van der Waals surface area contributed by atoms with E-state index in [-0.39, 0.29) is 19.0 Å². The zero-order chi connectivity index (χ0) is 14.9. The van der Waals surface area contributed by atoms with Gasteiger partial charge >= 0.3 is 6.18 Å². The van der Waals surface area contributed by atoms with Gasteiger partial charge in [0.2, 0.25) is 0 Å². The summed E-state index contributed by atoms with van der Waals surface area (Å²) in [5.41, 5.74) is 1.34. The lowest BCUT2D eigenvalue weighted by molar-refractivity contribution is -0.141. The van der Waals surface area contributed by atoms with Crippen molar-refractivity contribution in [1.82, 2.24) is 19.6 Å². The molecule has 9 heteroatoms. The average molecular weight is 324 g/mol. The van der Waals surface area contributed by atoms with Gasteiger partial charge in [0.25, 0.3) is 0 Å². The first kappa shape index (κ1) is 17.4. The van der Waals surface area contributed by atoms with Gasteiger partial charge in [0.1, 0.15) is 0 Å². The second-order valence-corrected chi connectivity index (χ2v) is 4.46. The van der Waals surface area contributed by atoms with Crippen molar-refractivity contribution in [3.8, 4) is 0 Å². The van der Waals surface area contributed by atoms with Gasteiger partial charge < -0.3 is 5.32 Å². The Kier molecular flexibility index (Phi) is 5.27. The van der Waals surface area contributed by atoms with Gasteiger partial charge in [0.05, 0.1) is 29.8 Å². The SMILES string of the molecule is CCn1ncc(NCc2cc(C(F)(F)F)nn2C)c1C.Cl. The number of aromatic nitrogens is 4. The molecule has 2 aromatic rings. The highest BCUT2D eigenvalue weighted by atomic mass is 35.5. The van der Waals surface area contributed by atoms with Crippen molar-refractivity contribution in [3.05, 3.63) is 29.3 Å². The van der Waals surface area contributed by atoms with Crippen LogP contribution in [0.2, 0.25) is 0 Å². The molecule has 0 atom stereocenters. The first-order valence-electron chi connectivity index (χ1n) is 6.19. The molecule has 0 saturated carbocycles. The Bertz CT molecular complexity index is 603. The van der Waals surface area contributed by atoms with Crippen molar-refractivity contribution < 1.29 is 13.2 Å². The molecule has 1 N–H and O–H groups in total. The molecule has 2 heterocycles. The monoisotopic (exact) mass is 323 g/mol. The van der Waals surface area contributed by atoms with Crippen LogP contribution >= 0.6 is 12.4 Å². The fraction of sp³-hybridized carbons (Fsp3) is 0.500. The molecule has 0 aliphatic heterocycles. The minimum atomic E-state index is -4.42. The van der Waals surface area contributed by atoms with Gasteiger partial charge in [-0.2, -0.15) is 23.4 Å². The van der Waals surface area contributed by atoms with E-state index in [1.807, 2.05) is 18.5 Å². The van der Waals surface area contributed by atoms with Crippen LogP contribution in [-0.4, -0.2) is 19.6 Å². The maximum atomic E-state index is 12.5. The normalized spacial score (nSPS) is 11.3. The molecule has 118 valence electrons. The van der Waals surface area contributed by atoms with E-state index in [0.717, 1.165) is 24.0 Å². The van der Waals surface area contributed by atoms with E-state index in [0.29, 0.717) is 5.69 Å². The molecule has 21 heavy (non-hydrogen) atoms. The Balaban J connectivity index is 0.00000220. The number of hydrogen-bond donors (Lipinski definition) is 1. The highest BCUT2D eigenvalue weighted by molar-refractivity contribution is 5.85. The number of hydrogen-bond acceptors (Lipinski definition) is 3. The lowest BCUT2D eigenvalue weighted by Gasteiger charge is -2.06. The number of aryl methyl sites for hydroxylation is 2. The zero-order valence-electron chi connectivity index (χ0n) is 11.9. The van der Waals surface area contributed by atoms with Gasteiger partial charge in [0.15, 0.2) is 5.69 Å². The minimum absolute atomic E-state index is 0. The summed E-state index contributed by atoms with van der Waals surface area (Å²) in [6.07, 6.45) is -2.75. The van der Waals surface area contributed by atoms with Gasteiger partial charge in [0, 0.05) is 13.6 Å². The van der Waals surface area contributed by atoms with Gasteiger partial charge in [-0.1, -0.05) is 0 Å². The number of halogens is 4.